The fraction of sp³-hybridized carbons (Fsp3) is 0.278. The zero-order valence-electron chi connectivity index (χ0n) is 14.8. The van der Waals surface area contributed by atoms with Gasteiger partial charge in [-0.2, -0.15) is 0 Å². The molecule has 2 aromatic carbocycles. The summed E-state index contributed by atoms with van der Waals surface area (Å²) in [5.41, 5.74) is 1.96. The summed E-state index contributed by atoms with van der Waals surface area (Å²) in [6.45, 7) is 1.87. The van der Waals surface area contributed by atoms with E-state index in [1.165, 1.54) is 11.4 Å². The van der Waals surface area contributed by atoms with Crippen molar-refractivity contribution in [3.05, 3.63) is 53.1 Å². The summed E-state index contributed by atoms with van der Waals surface area (Å²) < 4.78 is 30.5. The molecule has 0 aliphatic carbocycles. The third kappa shape index (κ3) is 5.37. The molecule has 0 spiro atoms. The maximum atomic E-state index is 12.2. The van der Waals surface area contributed by atoms with E-state index in [1.807, 2.05) is 6.92 Å². The van der Waals surface area contributed by atoms with Crippen LogP contribution >= 0.6 is 11.6 Å². The van der Waals surface area contributed by atoms with Crippen LogP contribution in [0.4, 0.5) is 11.4 Å². The van der Waals surface area contributed by atoms with Crippen molar-refractivity contribution in [2.45, 2.75) is 13.3 Å². The Morgan fingerprint density at radius 1 is 1.19 bits per heavy atom. The van der Waals surface area contributed by atoms with Crippen LogP contribution in [0.5, 0.6) is 5.75 Å². The van der Waals surface area contributed by atoms with Crippen LogP contribution in [-0.4, -0.2) is 34.2 Å². The van der Waals surface area contributed by atoms with Crippen LogP contribution in [0.1, 0.15) is 12.0 Å². The van der Waals surface area contributed by atoms with E-state index in [9.17, 15) is 13.2 Å². The summed E-state index contributed by atoms with van der Waals surface area (Å²) in [5, 5.41) is 3.36. The number of nitrogens with zero attached hydrogens (tertiary/aromatic N) is 1. The number of sulfonamides is 1. The number of amides is 1. The first-order chi connectivity index (χ1) is 12.2. The number of ether oxygens (including phenoxy) is 1. The van der Waals surface area contributed by atoms with Gasteiger partial charge in [0.25, 0.3) is 0 Å². The first-order valence-electron chi connectivity index (χ1n) is 7.88. The molecular weight excluding hydrogens is 376 g/mol. The van der Waals surface area contributed by atoms with Crippen LogP contribution in [0.25, 0.3) is 0 Å². The second-order valence-electron chi connectivity index (χ2n) is 5.79. The lowest BCUT2D eigenvalue weighted by molar-refractivity contribution is -0.116. The molecule has 0 unspecified atom stereocenters. The molecule has 2 aromatic rings. The molecule has 0 saturated heterocycles. The number of hydrogen-bond acceptors (Lipinski definition) is 4. The van der Waals surface area contributed by atoms with Crippen molar-refractivity contribution in [2.24, 2.45) is 0 Å². The summed E-state index contributed by atoms with van der Waals surface area (Å²) in [7, 11) is -1.99. The highest BCUT2D eigenvalue weighted by molar-refractivity contribution is 7.92. The molecular formula is C18H21ClN2O4S. The van der Waals surface area contributed by atoms with Gasteiger partial charge in [0.15, 0.2) is 0 Å². The minimum atomic E-state index is -3.52. The summed E-state index contributed by atoms with van der Waals surface area (Å²) in [6.07, 6.45) is 1.12. The van der Waals surface area contributed by atoms with E-state index in [-0.39, 0.29) is 18.9 Å². The van der Waals surface area contributed by atoms with Gasteiger partial charge in [-0.3, -0.25) is 9.10 Å². The third-order valence-electron chi connectivity index (χ3n) is 3.77. The summed E-state index contributed by atoms with van der Waals surface area (Å²) in [5.74, 6) is 0.343. The number of benzene rings is 2. The van der Waals surface area contributed by atoms with Crippen molar-refractivity contribution in [1.29, 1.82) is 0 Å². The fourth-order valence-electron chi connectivity index (χ4n) is 2.42. The first-order valence-corrected chi connectivity index (χ1v) is 10.1. The molecule has 0 aromatic heterocycles. The molecule has 1 N–H and O–H groups in total. The second-order valence-corrected chi connectivity index (χ2v) is 8.13. The zero-order chi connectivity index (χ0) is 19.3. The quantitative estimate of drug-likeness (QED) is 0.777. The van der Waals surface area contributed by atoms with Crippen LogP contribution in [0.15, 0.2) is 42.5 Å². The van der Waals surface area contributed by atoms with E-state index in [2.05, 4.69) is 5.32 Å². The smallest absolute Gasteiger partial charge is 0.232 e. The number of hydrogen-bond donors (Lipinski definition) is 1. The number of anilines is 2. The normalized spacial score (nSPS) is 11.1. The van der Waals surface area contributed by atoms with Gasteiger partial charge in [-0.05, 0) is 55.0 Å². The molecule has 0 radical (unpaired) electrons. The minimum Gasteiger partial charge on any atom is -0.497 e. The maximum Gasteiger partial charge on any atom is 0.232 e. The van der Waals surface area contributed by atoms with Crippen LogP contribution in [0.3, 0.4) is 0 Å². The highest BCUT2D eigenvalue weighted by Gasteiger charge is 2.19. The van der Waals surface area contributed by atoms with Gasteiger partial charge in [-0.1, -0.05) is 11.6 Å². The Morgan fingerprint density at radius 3 is 2.38 bits per heavy atom. The molecule has 8 heteroatoms. The zero-order valence-corrected chi connectivity index (χ0v) is 16.4. The third-order valence-corrected chi connectivity index (χ3v) is 5.19. The average molecular weight is 397 g/mol. The lowest BCUT2D eigenvalue weighted by Gasteiger charge is -2.22. The molecule has 2 rings (SSSR count). The van der Waals surface area contributed by atoms with E-state index in [0.29, 0.717) is 22.1 Å². The van der Waals surface area contributed by atoms with E-state index in [0.717, 1.165) is 11.8 Å². The highest BCUT2D eigenvalue weighted by atomic mass is 35.5. The number of aryl methyl sites for hydroxylation is 1. The van der Waals surface area contributed by atoms with E-state index >= 15 is 0 Å². The van der Waals surface area contributed by atoms with Crippen LogP contribution in [0, 0.1) is 6.92 Å². The Labute approximate surface area is 158 Å². The fourth-order valence-corrected chi connectivity index (χ4v) is 3.57. The van der Waals surface area contributed by atoms with Gasteiger partial charge < -0.3 is 10.1 Å². The Hall–Kier alpha value is -2.25. The molecule has 0 saturated carbocycles. The number of halogens is 1. The molecule has 0 aliphatic rings. The highest BCUT2D eigenvalue weighted by Crippen LogP contribution is 2.22. The van der Waals surface area contributed by atoms with Crippen LogP contribution in [0.2, 0.25) is 5.02 Å². The maximum absolute atomic E-state index is 12.2. The van der Waals surface area contributed by atoms with Gasteiger partial charge in [0.05, 0.1) is 19.1 Å². The summed E-state index contributed by atoms with van der Waals surface area (Å²) in [4.78, 5) is 12.2. The summed E-state index contributed by atoms with van der Waals surface area (Å²) in [6, 6.07) is 11.8. The number of carbonyl (C=O) groups excluding carboxylic acids is 1. The predicted molar refractivity (Wildman–Crippen MR) is 105 cm³/mol. The van der Waals surface area contributed by atoms with Crippen molar-refractivity contribution >= 4 is 38.9 Å². The van der Waals surface area contributed by atoms with E-state index in [1.54, 1.807) is 42.5 Å². The summed E-state index contributed by atoms with van der Waals surface area (Å²) >= 11 is 5.90. The molecule has 6 nitrogen and oxygen atoms in total. The number of carbonyl (C=O) groups is 1. The molecule has 0 bridgehead atoms. The predicted octanol–water partition coefficient (Wildman–Crippen LogP) is 3.45. The largest absolute Gasteiger partial charge is 0.497 e. The van der Waals surface area contributed by atoms with E-state index < -0.39 is 10.0 Å². The van der Waals surface area contributed by atoms with Crippen molar-refractivity contribution in [2.75, 3.05) is 29.5 Å². The van der Waals surface area contributed by atoms with Crippen molar-refractivity contribution < 1.29 is 17.9 Å². The van der Waals surface area contributed by atoms with E-state index in [4.69, 9.17) is 16.3 Å². The first kappa shape index (κ1) is 20.1. The lowest BCUT2D eigenvalue weighted by Crippen LogP contribution is -2.33. The molecule has 26 heavy (non-hydrogen) atoms. The SMILES string of the molecule is COc1ccc(N(CCC(=O)Nc2ccc(Cl)cc2C)S(C)(=O)=O)cc1. The second kappa shape index (κ2) is 8.42. The van der Waals surface area contributed by atoms with Crippen LogP contribution < -0.4 is 14.4 Å². The van der Waals surface area contributed by atoms with Crippen molar-refractivity contribution in [3.63, 3.8) is 0 Å². The lowest BCUT2D eigenvalue weighted by atomic mass is 10.2. The van der Waals surface area contributed by atoms with Crippen LogP contribution in [-0.2, 0) is 14.8 Å². The van der Waals surface area contributed by atoms with Gasteiger partial charge in [-0.15, -0.1) is 0 Å². The molecule has 0 aliphatic heterocycles. The van der Waals surface area contributed by atoms with Crippen molar-refractivity contribution in [1.82, 2.24) is 0 Å². The molecule has 140 valence electrons. The average Bonchev–Trinajstić information content (AvgIpc) is 2.57. The minimum absolute atomic E-state index is 0.0150. The van der Waals surface area contributed by atoms with Gasteiger partial charge in [0.2, 0.25) is 15.9 Å². The molecule has 0 heterocycles. The standard InChI is InChI=1S/C18H21ClN2O4S/c1-13-12-14(19)4-9-17(13)20-18(22)10-11-21(26(3,23)24)15-5-7-16(25-2)8-6-15/h4-9,12H,10-11H2,1-3H3,(H,20,22). The topological polar surface area (TPSA) is 75.7 Å². The van der Waals surface area contributed by atoms with Crippen molar-refractivity contribution in [3.8, 4) is 5.75 Å². The number of rotatable bonds is 7. The monoisotopic (exact) mass is 396 g/mol. The Morgan fingerprint density at radius 2 is 1.85 bits per heavy atom. The Kier molecular flexibility index (Phi) is 6.50. The van der Waals surface area contributed by atoms with Gasteiger partial charge in [-0.25, -0.2) is 8.42 Å². The number of nitrogens with one attached hydrogen (secondary N) is 1. The van der Waals surface area contributed by atoms with Gasteiger partial charge in [0.1, 0.15) is 5.75 Å². The molecule has 1 amide bonds. The Balaban J connectivity index is 2.08. The molecule has 0 fully saturated rings. The van der Waals surface area contributed by atoms with Gasteiger partial charge in [0, 0.05) is 23.7 Å². The number of methoxy groups -OCH3 is 1. The van der Waals surface area contributed by atoms with Gasteiger partial charge >= 0.3 is 0 Å². The Bertz CT molecular complexity index is 883. The molecule has 0 atom stereocenters.